The summed E-state index contributed by atoms with van der Waals surface area (Å²) >= 11 is 0. The number of aromatic nitrogens is 2. The third-order valence-electron chi connectivity index (χ3n) is 4.83. The maximum absolute atomic E-state index is 4.72. The molecule has 3 rings (SSSR count). The Hall–Kier alpha value is -0.870. The second kappa shape index (κ2) is 6.27. The van der Waals surface area contributed by atoms with Gasteiger partial charge in [-0.3, -0.25) is 9.58 Å². The molecule has 2 heterocycles. The Morgan fingerprint density at radius 1 is 1.30 bits per heavy atom. The molecule has 1 unspecified atom stereocenters. The molecule has 1 atom stereocenters. The van der Waals surface area contributed by atoms with E-state index in [0.717, 1.165) is 25.4 Å². The number of likely N-dealkylation sites (tertiary alicyclic amines) is 1. The zero-order chi connectivity index (χ0) is 13.9. The van der Waals surface area contributed by atoms with E-state index >= 15 is 0 Å². The molecule has 0 aromatic carbocycles. The van der Waals surface area contributed by atoms with Gasteiger partial charge in [0.1, 0.15) is 0 Å². The van der Waals surface area contributed by atoms with E-state index in [1.54, 1.807) is 0 Å². The van der Waals surface area contributed by atoms with Gasteiger partial charge in [-0.15, -0.1) is 0 Å². The molecular formula is C16H28N4. The van der Waals surface area contributed by atoms with E-state index in [2.05, 4.69) is 41.0 Å². The van der Waals surface area contributed by atoms with Gasteiger partial charge in [0.15, 0.2) is 0 Å². The molecule has 0 amide bonds. The molecule has 1 aromatic rings. The van der Waals surface area contributed by atoms with E-state index in [-0.39, 0.29) is 0 Å². The average molecular weight is 276 g/mol. The number of hydrogen-bond acceptors (Lipinski definition) is 3. The molecule has 1 aliphatic carbocycles. The molecular weight excluding hydrogens is 248 g/mol. The summed E-state index contributed by atoms with van der Waals surface area (Å²) in [6.45, 7) is 7.90. The van der Waals surface area contributed by atoms with Crippen molar-refractivity contribution in [3.05, 3.63) is 18.0 Å². The maximum atomic E-state index is 4.72. The topological polar surface area (TPSA) is 33.1 Å². The van der Waals surface area contributed by atoms with Crippen LogP contribution in [0.2, 0.25) is 0 Å². The summed E-state index contributed by atoms with van der Waals surface area (Å²) in [4.78, 5) is 2.65. The first kappa shape index (κ1) is 14.1. The Kier molecular flexibility index (Phi) is 4.41. The summed E-state index contributed by atoms with van der Waals surface area (Å²) in [5.74, 6) is 0. The minimum Gasteiger partial charge on any atom is -0.307 e. The van der Waals surface area contributed by atoms with E-state index in [1.807, 2.05) is 0 Å². The van der Waals surface area contributed by atoms with Crippen LogP contribution in [-0.4, -0.2) is 39.9 Å². The van der Waals surface area contributed by atoms with E-state index in [0.29, 0.717) is 12.1 Å². The molecule has 4 nitrogen and oxygen atoms in total. The summed E-state index contributed by atoms with van der Waals surface area (Å²) in [6, 6.07) is 4.30. The van der Waals surface area contributed by atoms with Crippen LogP contribution in [0.4, 0.5) is 0 Å². The smallest absolute Gasteiger partial charge is 0.0762 e. The summed E-state index contributed by atoms with van der Waals surface area (Å²) < 4.78 is 2.14. The van der Waals surface area contributed by atoms with Gasteiger partial charge in [0, 0.05) is 37.9 Å². The van der Waals surface area contributed by atoms with Crippen molar-refractivity contribution in [2.24, 2.45) is 0 Å². The Morgan fingerprint density at radius 2 is 2.10 bits per heavy atom. The Balaban J connectivity index is 1.46. The highest BCUT2D eigenvalue weighted by Gasteiger charge is 2.34. The van der Waals surface area contributed by atoms with Crippen molar-refractivity contribution in [2.75, 3.05) is 13.1 Å². The average Bonchev–Trinajstić information content (AvgIpc) is 3.02. The Labute approximate surface area is 122 Å². The normalized spacial score (nSPS) is 23.9. The molecule has 20 heavy (non-hydrogen) atoms. The quantitative estimate of drug-likeness (QED) is 0.831. The number of nitrogens with one attached hydrogen (secondary N) is 1. The van der Waals surface area contributed by atoms with Gasteiger partial charge in [0.05, 0.1) is 11.7 Å². The van der Waals surface area contributed by atoms with Crippen LogP contribution < -0.4 is 5.32 Å². The van der Waals surface area contributed by atoms with Gasteiger partial charge in [-0.2, -0.15) is 5.10 Å². The van der Waals surface area contributed by atoms with Crippen molar-refractivity contribution in [3.8, 4) is 0 Å². The molecule has 0 radical (unpaired) electrons. The molecule has 1 saturated carbocycles. The van der Waals surface area contributed by atoms with Crippen molar-refractivity contribution in [3.63, 3.8) is 0 Å². The summed E-state index contributed by atoms with van der Waals surface area (Å²) in [5.41, 5.74) is 1.18. The first-order chi connectivity index (χ1) is 9.80. The molecule has 112 valence electrons. The van der Waals surface area contributed by atoms with Crippen molar-refractivity contribution >= 4 is 0 Å². The predicted octanol–water partition coefficient (Wildman–Crippen LogP) is 2.57. The van der Waals surface area contributed by atoms with Crippen LogP contribution >= 0.6 is 0 Å². The molecule has 1 N–H and O–H groups in total. The van der Waals surface area contributed by atoms with Gasteiger partial charge >= 0.3 is 0 Å². The number of rotatable bonds is 7. The Morgan fingerprint density at radius 3 is 2.80 bits per heavy atom. The van der Waals surface area contributed by atoms with Crippen molar-refractivity contribution in [1.29, 1.82) is 0 Å². The number of nitrogens with zero attached hydrogens (tertiary/aromatic N) is 3. The second-order valence-electron chi connectivity index (χ2n) is 6.35. The van der Waals surface area contributed by atoms with E-state index in [9.17, 15) is 0 Å². The SMILES string of the molecule is CCC(CC)n1ccc(CNC2CCN(C3CC3)C2)n1. The maximum Gasteiger partial charge on any atom is 0.0762 e. The minimum atomic E-state index is 0.556. The van der Waals surface area contributed by atoms with Gasteiger partial charge in [0.2, 0.25) is 0 Å². The van der Waals surface area contributed by atoms with Crippen LogP contribution in [0.25, 0.3) is 0 Å². The highest BCUT2D eigenvalue weighted by Crippen LogP contribution is 2.29. The summed E-state index contributed by atoms with van der Waals surface area (Å²) in [6.07, 6.45) is 8.59. The lowest BCUT2D eigenvalue weighted by Gasteiger charge is -2.15. The third kappa shape index (κ3) is 3.23. The van der Waals surface area contributed by atoms with Gasteiger partial charge in [-0.05, 0) is 38.2 Å². The highest BCUT2D eigenvalue weighted by atomic mass is 15.3. The molecule has 1 aliphatic heterocycles. The standard InChI is InChI=1S/C16H28N4/c1-3-15(4-2)20-10-8-13(18-20)11-17-14-7-9-19(12-14)16-5-6-16/h8,10,14-17H,3-7,9,11-12H2,1-2H3. The molecule has 0 bridgehead atoms. The highest BCUT2D eigenvalue weighted by molar-refractivity contribution is 5.00. The lowest BCUT2D eigenvalue weighted by atomic mass is 10.2. The lowest BCUT2D eigenvalue weighted by molar-refractivity contribution is 0.317. The molecule has 1 saturated heterocycles. The molecule has 4 heteroatoms. The molecule has 2 fully saturated rings. The fraction of sp³-hybridized carbons (Fsp3) is 0.812. The van der Waals surface area contributed by atoms with Gasteiger partial charge in [0.25, 0.3) is 0 Å². The Bertz CT molecular complexity index is 420. The van der Waals surface area contributed by atoms with Crippen LogP contribution in [0.5, 0.6) is 0 Å². The van der Waals surface area contributed by atoms with Crippen molar-refractivity contribution < 1.29 is 0 Å². The van der Waals surface area contributed by atoms with Gasteiger partial charge < -0.3 is 5.32 Å². The summed E-state index contributed by atoms with van der Waals surface area (Å²) in [7, 11) is 0. The molecule has 2 aliphatic rings. The predicted molar refractivity (Wildman–Crippen MR) is 81.7 cm³/mol. The van der Waals surface area contributed by atoms with Gasteiger partial charge in [-0.25, -0.2) is 0 Å². The van der Waals surface area contributed by atoms with Crippen molar-refractivity contribution in [1.82, 2.24) is 20.0 Å². The number of hydrogen-bond donors (Lipinski definition) is 1. The first-order valence-electron chi connectivity index (χ1n) is 8.31. The summed E-state index contributed by atoms with van der Waals surface area (Å²) in [5, 5.41) is 8.40. The lowest BCUT2D eigenvalue weighted by Crippen LogP contribution is -2.33. The van der Waals surface area contributed by atoms with E-state index < -0.39 is 0 Å². The third-order valence-corrected chi connectivity index (χ3v) is 4.83. The monoisotopic (exact) mass is 276 g/mol. The second-order valence-corrected chi connectivity index (χ2v) is 6.35. The molecule has 1 aromatic heterocycles. The fourth-order valence-electron chi connectivity index (χ4n) is 3.31. The zero-order valence-electron chi connectivity index (χ0n) is 12.9. The van der Waals surface area contributed by atoms with Crippen LogP contribution in [0.15, 0.2) is 12.3 Å². The van der Waals surface area contributed by atoms with Crippen molar-refractivity contribution in [2.45, 2.75) is 70.6 Å². The van der Waals surface area contributed by atoms with E-state index in [1.165, 1.54) is 38.0 Å². The van der Waals surface area contributed by atoms with Crippen LogP contribution in [0.1, 0.15) is 57.7 Å². The van der Waals surface area contributed by atoms with Crippen LogP contribution in [0.3, 0.4) is 0 Å². The first-order valence-corrected chi connectivity index (χ1v) is 8.31. The van der Waals surface area contributed by atoms with Gasteiger partial charge in [-0.1, -0.05) is 13.8 Å². The fourth-order valence-corrected chi connectivity index (χ4v) is 3.31. The minimum absolute atomic E-state index is 0.556. The zero-order valence-corrected chi connectivity index (χ0v) is 12.9. The van der Waals surface area contributed by atoms with E-state index in [4.69, 9.17) is 5.10 Å². The van der Waals surface area contributed by atoms with Crippen LogP contribution in [-0.2, 0) is 6.54 Å². The molecule has 0 spiro atoms. The largest absolute Gasteiger partial charge is 0.307 e. The van der Waals surface area contributed by atoms with Crippen LogP contribution in [0, 0.1) is 0 Å².